The third-order valence-corrected chi connectivity index (χ3v) is 3.50. The summed E-state index contributed by atoms with van der Waals surface area (Å²) in [5.41, 5.74) is 3.66. The van der Waals surface area contributed by atoms with Crippen LogP contribution in [0.3, 0.4) is 0 Å². The first kappa shape index (κ1) is 11.5. The van der Waals surface area contributed by atoms with Gasteiger partial charge in [0.25, 0.3) is 0 Å². The van der Waals surface area contributed by atoms with Gasteiger partial charge < -0.3 is 5.32 Å². The van der Waals surface area contributed by atoms with Crippen molar-refractivity contribution in [3.63, 3.8) is 0 Å². The van der Waals surface area contributed by atoms with E-state index in [1.807, 2.05) is 0 Å². The predicted octanol–water partition coefficient (Wildman–Crippen LogP) is 2.12. The van der Waals surface area contributed by atoms with Gasteiger partial charge in [-0.2, -0.15) is 0 Å². The fraction of sp³-hybridized carbons (Fsp3) is 0.692. The summed E-state index contributed by atoms with van der Waals surface area (Å²) in [6.45, 7) is 8.59. The molecule has 0 radical (unpaired) electrons. The number of aryl methyl sites for hydroxylation is 2. The van der Waals surface area contributed by atoms with Crippen LogP contribution in [0.4, 0.5) is 0 Å². The molecule has 88 valence electrons. The number of nitrogens with zero attached hydrogens (tertiary/aromatic N) is 2. The average molecular weight is 219 g/mol. The molecule has 0 aromatic carbocycles. The number of hydrogen-bond acceptors (Lipinski definition) is 3. The van der Waals surface area contributed by atoms with Crippen molar-refractivity contribution < 1.29 is 0 Å². The van der Waals surface area contributed by atoms with Crippen molar-refractivity contribution in [3.05, 3.63) is 22.8 Å². The van der Waals surface area contributed by atoms with Crippen LogP contribution in [-0.2, 0) is 6.42 Å². The van der Waals surface area contributed by atoms with E-state index in [-0.39, 0.29) is 0 Å². The summed E-state index contributed by atoms with van der Waals surface area (Å²) in [7, 11) is 0. The molecule has 0 saturated carbocycles. The van der Waals surface area contributed by atoms with E-state index in [1.54, 1.807) is 0 Å². The van der Waals surface area contributed by atoms with Crippen LogP contribution in [0.1, 0.15) is 48.5 Å². The minimum absolute atomic E-state index is 0.560. The summed E-state index contributed by atoms with van der Waals surface area (Å²) < 4.78 is 0. The second-order valence-corrected chi connectivity index (χ2v) is 4.61. The van der Waals surface area contributed by atoms with E-state index < -0.39 is 0 Å². The number of hydrogen-bond donors (Lipinski definition) is 1. The zero-order chi connectivity index (χ0) is 11.5. The quantitative estimate of drug-likeness (QED) is 0.828. The molecule has 1 N–H and O–H groups in total. The van der Waals surface area contributed by atoms with Gasteiger partial charge in [-0.3, -0.25) is 0 Å². The van der Waals surface area contributed by atoms with Crippen LogP contribution < -0.4 is 5.32 Å². The molecule has 1 aromatic heterocycles. The lowest BCUT2D eigenvalue weighted by Crippen LogP contribution is -2.27. The Morgan fingerprint density at radius 1 is 1.12 bits per heavy atom. The summed E-state index contributed by atoms with van der Waals surface area (Å²) in [5, 5.41) is 3.38. The highest BCUT2D eigenvalue weighted by Gasteiger charge is 2.19. The first-order valence-electron chi connectivity index (χ1n) is 6.27. The van der Waals surface area contributed by atoms with Crippen molar-refractivity contribution in [2.45, 2.75) is 46.0 Å². The number of rotatable bonds is 2. The van der Waals surface area contributed by atoms with Gasteiger partial charge in [0.2, 0.25) is 0 Å². The molecule has 1 fully saturated rings. The molecular formula is C13H21N3. The summed E-state index contributed by atoms with van der Waals surface area (Å²) >= 11 is 0. The van der Waals surface area contributed by atoms with Crippen LogP contribution in [0, 0.1) is 13.8 Å². The molecule has 1 aliphatic heterocycles. The Kier molecular flexibility index (Phi) is 3.54. The molecule has 3 nitrogen and oxygen atoms in total. The first-order valence-corrected chi connectivity index (χ1v) is 6.27. The fourth-order valence-electron chi connectivity index (χ4n) is 2.54. The second kappa shape index (κ2) is 4.91. The lowest BCUT2D eigenvalue weighted by Gasteiger charge is -2.22. The summed E-state index contributed by atoms with van der Waals surface area (Å²) in [6.07, 6.45) is 3.37. The van der Waals surface area contributed by atoms with E-state index in [1.165, 1.54) is 29.8 Å². The largest absolute Gasteiger partial charge is 0.317 e. The van der Waals surface area contributed by atoms with E-state index in [9.17, 15) is 0 Å². The molecule has 0 amide bonds. The average Bonchev–Trinajstić information content (AvgIpc) is 2.30. The van der Waals surface area contributed by atoms with Crippen LogP contribution in [0.5, 0.6) is 0 Å². The van der Waals surface area contributed by atoms with Gasteiger partial charge in [0.05, 0.1) is 0 Å². The predicted molar refractivity (Wildman–Crippen MR) is 65.7 cm³/mol. The second-order valence-electron chi connectivity index (χ2n) is 4.61. The molecule has 1 aromatic rings. The molecule has 16 heavy (non-hydrogen) atoms. The van der Waals surface area contributed by atoms with E-state index >= 15 is 0 Å². The van der Waals surface area contributed by atoms with Gasteiger partial charge in [-0.1, -0.05) is 6.92 Å². The molecule has 0 bridgehead atoms. The highest BCUT2D eigenvalue weighted by Crippen LogP contribution is 2.23. The molecule has 2 heterocycles. The third-order valence-electron chi connectivity index (χ3n) is 3.50. The Bertz CT molecular complexity index is 344. The highest BCUT2D eigenvalue weighted by atomic mass is 14.9. The summed E-state index contributed by atoms with van der Waals surface area (Å²) in [6, 6.07) is 0. The minimum Gasteiger partial charge on any atom is -0.317 e. The Balaban J connectivity index is 2.28. The maximum atomic E-state index is 4.69. The Hall–Kier alpha value is -0.960. The van der Waals surface area contributed by atoms with Gasteiger partial charge >= 0.3 is 0 Å². The van der Waals surface area contributed by atoms with Gasteiger partial charge in [0.15, 0.2) is 0 Å². The Labute approximate surface area is 97.7 Å². The molecule has 1 aliphatic rings. The number of aromatic nitrogens is 2. The lowest BCUT2D eigenvalue weighted by molar-refractivity contribution is 0.443. The Morgan fingerprint density at radius 3 is 2.19 bits per heavy atom. The molecule has 0 unspecified atom stereocenters. The van der Waals surface area contributed by atoms with Crippen molar-refractivity contribution in [2.24, 2.45) is 0 Å². The zero-order valence-electron chi connectivity index (χ0n) is 10.5. The van der Waals surface area contributed by atoms with E-state index in [4.69, 9.17) is 0 Å². The zero-order valence-corrected chi connectivity index (χ0v) is 10.5. The van der Waals surface area contributed by atoms with Crippen molar-refractivity contribution in [2.75, 3.05) is 13.1 Å². The number of nitrogens with one attached hydrogen (secondary N) is 1. The highest BCUT2D eigenvalue weighted by molar-refractivity contribution is 5.25. The fourth-order valence-corrected chi connectivity index (χ4v) is 2.54. The van der Waals surface area contributed by atoms with Crippen LogP contribution >= 0.6 is 0 Å². The maximum absolute atomic E-state index is 4.69. The van der Waals surface area contributed by atoms with Gasteiger partial charge in [-0.25, -0.2) is 9.97 Å². The molecule has 0 aliphatic carbocycles. The summed E-state index contributed by atoms with van der Waals surface area (Å²) in [5.74, 6) is 1.62. The third kappa shape index (κ3) is 2.24. The first-order chi connectivity index (χ1) is 7.72. The summed E-state index contributed by atoms with van der Waals surface area (Å²) in [4.78, 5) is 9.38. The number of piperidine rings is 1. The van der Waals surface area contributed by atoms with E-state index in [0.717, 1.165) is 25.3 Å². The van der Waals surface area contributed by atoms with Crippen LogP contribution in [-0.4, -0.2) is 23.1 Å². The van der Waals surface area contributed by atoms with Crippen molar-refractivity contribution >= 4 is 0 Å². The minimum atomic E-state index is 0.560. The van der Waals surface area contributed by atoms with Crippen LogP contribution in [0.25, 0.3) is 0 Å². The van der Waals surface area contributed by atoms with Gasteiger partial charge in [0, 0.05) is 17.3 Å². The van der Waals surface area contributed by atoms with Crippen molar-refractivity contribution in [1.29, 1.82) is 0 Å². The van der Waals surface area contributed by atoms with E-state index in [0.29, 0.717) is 5.92 Å². The SMILES string of the molecule is CCc1c(C)nc(C2CCNCC2)nc1C. The topological polar surface area (TPSA) is 37.8 Å². The molecule has 0 spiro atoms. The normalized spacial score (nSPS) is 17.7. The molecule has 2 rings (SSSR count). The molecular weight excluding hydrogens is 198 g/mol. The lowest BCUT2D eigenvalue weighted by atomic mass is 9.96. The van der Waals surface area contributed by atoms with Crippen LogP contribution in [0.15, 0.2) is 0 Å². The molecule has 0 atom stereocenters. The standard InChI is InChI=1S/C13H21N3/c1-4-12-9(2)15-13(16-10(12)3)11-5-7-14-8-6-11/h11,14H,4-8H2,1-3H3. The van der Waals surface area contributed by atoms with Gasteiger partial charge in [0.1, 0.15) is 5.82 Å². The van der Waals surface area contributed by atoms with Crippen molar-refractivity contribution in [3.8, 4) is 0 Å². The smallest absolute Gasteiger partial charge is 0.132 e. The van der Waals surface area contributed by atoms with E-state index in [2.05, 4.69) is 36.1 Å². The Morgan fingerprint density at radius 2 is 1.69 bits per heavy atom. The monoisotopic (exact) mass is 219 g/mol. The maximum Gasteiger partial charge on any atom is 0.132 e. The van der Waals surface area contributed by atoms with Crippen molar-refractivity contribution in [1.82, 2.24) is 15.3 Å². The molecule has 3 heteroatoms. The van der Waals surface area contributed by atoms with Crippen LogP contribution in [0.2, 0.25) is 0 Å². The molecule has 1 saturated heterocycles. The van der Waals surface area contributed by atoms with Gasteiger partial charge in [-0.05, 0) is 51.8 Å². The van der Waals surface area contributed by atoms with Gasteiger partial charge in [-0.15, -0.1) is 0 Å².